The maximum Gasteiger partial charge on any atom is 0.316 e. The minimum Gasteiger partial charge on any atom is -0.464 e. The summed E-state index contributed by atoms with van der Waals surface area (Å²) in [6.07, 6.45) is 9.13. The van der Waals surface area contributed by atoms with Gasteiger partial charge in [-0.05, 0) is 32.6 Å². The Hall–Kier alpha value is -1.10. The number of carbonyl (C=O) groups excluding carboxylic acids is 1. The fourth-order valence-electron chi connectivity index (χ4n) is 3.16. The van der Waals surface area contributed by atoms with Crippen LogP contribution >= 0.6 is 11.8 Å². The second-order valence-corrected chi connectivity index (χ2v) is 7.14. The first-order valence-electron chi connectivity index (χ1n) is 7.40. The van der Waals surface area contributed by atoms with Crippen molar-refractivity contribution in [1.29, 1.82) is 0 Å². The highest BCUT2D eigenvalue weighted by Gasteiger charge is 2.36. The molecule has 108 valence electrons. The Balaban J connectivity index is 1.68. The molecular weight excluding hydrogens is 272 g/mol. The number of aromatic nitrogens is 2. The van der Waals surface area contributed by atoms with Gasteiger partial charge in [-0.25, -0.2) is 9.97 Å². The van der Waals surface area contributed by atoms with E-state index in [4.69, 9.17) is 4.74 Å². The van der Waals surface area contributed by atoms with Crippen LogP contribution in [-0.2, 0) is 0 Å². The molecule has 3 rings (SSSR count). The molecule has 0 spiro atoms. The zero-order valence-electron chi connectivity index (χ0n) is 11.7. The van der Waals surface area contributed by atoms with Crippen LogP contribution in [0.15, 0.2) is 12.4 Å². The van der Waals surface area contributed by atoms with Crippen LogP contribution in [0.1, 0.15) is 49.4 Å². The van der Waals surface area contributed by atoms with E-state index in [9.17, 15) is 4.79 Å². The Morgan fingerprint density at radius 2 is 1.95 bits per heavy atom. The number of nitrogens with zero attached hydrogens (tertiary/aromatic N) is 2. The number of hydrogen-bond donors (Lipinski definition) is 0. The zero-order chi connectivity index (χ0) is 13.9. The lowest BCUT2D eigenvalue weighted by atomic mass is 9.85. The van der Waals surface area contributed by atoms with Gasteiger partial charge in [0.05, 0.1) is 12.2 Å². The summed E-state index contributed by atoms with van der Waals surface area (Å²) in [5, 5.41) is 1.36. The molecule has 2 aliphatic heterocycles. The predicted molar refractivity (Wildman–Crippen MR) is 79.3 cm³/mol. The van der Waals surface area contributed by atoms with Crippen molar-refractivity contribution in [3.05, 3.63) is 18.0 Å². The lowest BCUT2D eigenvalue weighted by Gasteiger charge is -2.37. The molecule has 1 aromatic rings. The lowest BCUT2D eigenvalue weighted by Crippen LogP contribution is -2.33. The second-order valence-electron chi connectivity index (χ2n) is 5.53. The molecule has 4 nitrogen and oxygen atoms in total. The van der Waals surface area contributed by atoms with Crippen molar-refractivity contribution in [2.45, 2.75) is 49.5 Å². The molecule has 1 aromatic heterocycles. The number of ketones is 1. The van der Waals surface area contributed by atoms with Crippen LogP contribution in [-0.4, -0.2) is 32.9 Å². The minimum atomic E-state index is 0.160. The van der Waals surface area contributed by atoms with Crippen LogP contribution in [0.4, 0.5) is 0 Å². The fourth-order valence-corrected chi connectivity index (χ4v) is 4.99. The van der Waals surface area contributed by atoms with Crippen molar-refractivity contribution in [2.24, 2.45) is 5.92 Å². The standard InChI is InChI=1S/C15H20N2O2S/c1-2-19-15-16-8-11(9-17-15)14(18)10-6-12-4-3-5-13(7-10)20-12/h8-10,12-13H,2-7H2,1H3. The molecule has 0 aliphatic carbocycles. The van der Waals surface area contributed by atoms with E-state index in [2.05, 4.69) is 21.7 Å². The van der Waals surface area contributed by atoms with Gasteiger partial charge in [0, 0.05) is 28.8 Å². The predicted octanol–water partition coefficient (Wildman–Crippen LogP) is 3.12. The normalized spacial score (nSPS) is 28.9. The summed E-state index contributed by atoms with van der Waals surface area (Å²) in [7, 11) is 0. The maximum atomic E-state index is 12.6. The molecule has 2 aliphatic rings. The first-order chi connectivity index (χ1) is 9.76. The van der Waals surface area contributed by atoms with E-state index in [1.165, 1.54) is 19.3 Å². The van der Waals surface area contributed by atoms with E-state index < -0.39 is 0 Å². The average molecular weight is 292 g/mol. The molecular formula is C15H20N2O2S. The molecule has 2 unspecified atom stereocenters. The van der Waals surface area contributed by atoms with Gasteiger partial charge >= 0.3 is 6.01 Å². The molecule has 2 fully saturated rings. The smallest absolute Gasteiger partial charge is 0.316 e. The minimum absolute atomic E-state index is 0.160. The molecule has 0 N–H and O–H groups in total. The maximum absolute atomic E-state index is 12.6. The van der Waals surface area contributed by atoms with Crippen LogP contribution in [0.3, 0.4) is 0 Å². The van der Waals surface area contributed by atoms with Gasteiger partial charge in [0.1, 0.15) is 0 Å². The number of rotatable bonds is 4. The van der Waals surface area contributed by atoms with Crippen LogP contribution < -0.4 is 4.74 Å². The van der Waals surface area contributed by atoms with Gasteiger partial charge in [0.25, 0.3) is 0 Å². The number of ether oxygens (including phenoxy) is 1. The Kier molecular flexibility index (Phi) is 4.24. The Bertz CT molecular complexity index is 465. The highest BCUT2D eigenvalue weighted by Crippen LogP contribution is 2.44. The molecule has 2 saturated heterocycles. The van der Waals surface area contributed by atoms with Crippen molar-refractivity contribution >= 4 is 17.5 Å². The Morgan fingerprint density at radius 3 is 2.55 bits per heavy atom. The fraction of sp³-hybridized carbons (Fsp3) is 0.667. The summed E-state index contributed by atoms with van der Waals surface area (Å²) in [4.78, 5) is 20.8. The number of Topliss-reactive ketones (excluding diaryl/α,β-unsaturated/α-hetero) is 1. The highest BCUT2D eigenvalue weighted by molar-refractivity contribution is 8.00. The first kappa shape index (κ1) is 13.9. The molecule has 2 bridgehead atoms. The van der Waals surface area contributed by atoms with Gasteiger partial charge in [-0.15, -0.1) is 0 Å². The quantitative estimate of drug-likeness (QED) is 0.798. The largest absolute Gasteiger partial charge is 0.464 e. The van der Waals surface area contributed by atoms with Gasteiger partial charge in [0.2, 0.25) is 0 Å². The summed E-state index contributed by atoms with van der Waals surface area (Å²) >= 11 is 2.10. The van der Waals surface area contributed by atoms with E-state index in [0.717, 1.165) is 12.8 Å². The number of carbonyl (C=O) groups is 1. The van der Waals surface area contributed by atoms with E-state index in [-0.39, 0.29) is 11.7 Å². The molecule has 3 heterocycles. The van der Waals surface area contributed by atoms with Crippen molar-refractivity contribution < 1.29 is 9.53 Å². The van der Waals surface area contributed by atoms with Gasteiger partial charge in [-0.1, -0.05) is 6.42 Å². The summed E-state index contributed by atoms with van der Waals surface area (Å²) < 4.78 is 5.21. The summed E-state index contributed by atoms with van der Waals surface area (Å²) in [6.45, 7) is 2.43. The van der Waals surface area contributed by atoms with E-state index in [0.29, 0.717) is 28.7 Å². The number of fused-ring (bicyclic) bond motifs is 2. The summed E-state index contributed by atoms with van der Waals surface area (Å²) in [5.74, 6) is 0.373. The average Bonchev–Trinajstić information content (AvgIpc) is 2.47. The monoisotopic (exact) mass is 292 g/mol. The molecule has 0 aromatic carbocycles. The van der Waals surface area contributed by atoms with Gasteiger partial charge < -0.3 is 4.74 Å². The first-order valence-corrected chi connectivity index (χ1v) is 8.35. The van der Waals surface area contributed by atoms with Gasteiger partial charge in [-0.2, -0.15) is 11.8 Å². The second kappa shape index (κ2) is 6.12. The van der Waals surface area contributed by atoms with Crippen LogP contribution in [0, 0.1) is 5.92 Å². The van der Waals surface area contributed by atoms with Gasteiger partial charge in [0.15, 0.2) is 5.78 Å². The van der Waals surface area contributed by atoms with Crippen molar-refractivity contribution in [2.75, 3.05) is 6.61 Å². The lowest BCUT2D eigenvalue weighted by molar-refractivity contribution is 0.0895. The third-order valence-corrected chi connectivity index (χ3v) is 5.71. The Morgan fingerprint density at radius 1 is 1.30 bits per heavy atom. The van der Waals surface area contributed by atoms with E-state index >= 15 is 0 Å². The topological polar surface area (TPSA) is 52.1 Å². The molecule has 5 heteroatoms. The molecule has 0 saturated carbocycles. The van der Waals surface area contributed by atoms with Crippen molar-refractivity contribution in [3.8, 4) is 6.01 Å². The number of thioether (sulfide) groups is 1. The molecule has 20 heavy (non-hydrogen) atoms. The highest BCUT2D eigenvalue weighted by atomic mass is 32.2. The van der Waals surface area contributed by atoms with Crippen molar-refractivity contribution in [3.63, 3.8) is 0 Å². The van der Waals surface area contributed by atoms with E-state index in [1.807, 2.05) is 6.92 Å². The van der Waals surface area contributed by atoms with Crippen molar-refractivity contribution in [1.82, 2.24) is 9.97 Å². The molecule has 0 radical (unpaired) electrons. The third-order valence-electron chi connectivity index (χ3n) is 4.09. The zero-order valence-corrected chi connectivity index (χ0v) is 12.6. The van der Waals surface area contributed by atoms with Crippen LogP contribution in [0.25, 0.3) is 0 Å². The molecule has 0 amide bonds. The number of hydrogen-bond acceptors (Lipinski definition) is 5. The van der Waals surface area contributed by atoms with Gasteiger partial charge in [-0.3, -0.25) is 4.79 Å². The molecule has 2 atom stereocenters. The third kappa shape index (κ3) is 2.97. The van der Waals surface area contributed by atoms with Crippen LogP contribution in [0.2, 0.25) is 0 Å². The van der Waals surface area contributed by atoms with E-state index in [1.54, 1.807) is 12.4 Å². The summed E-state index contributed by atoms with van der Waals surface area (Å²) in [5.41, 5.74) is 0.628. The van der Waals surface area contributed by atoms with Crippen LogP contribution in [0.5, 0.6) is 6.01 Å². The Labute approximate surface area is 123 Å². The SMILES string of the molecule is CCOc1ncc(C(=O)C2CC3CCCC(C2)S3)cn1. The summed E-state index contributed by atoms with van der Waals surface area (Å²) in [6, 6.07) is 0.347.